The minimum absolute atomic E-state index is 0.0536. The maximum Gasteiger partial charge on any atom is 0.261 e. The summed E-state index contributed by atoms with van der Waals surface area (Å²) in [6.45, 7) is 3.56. The van der Waals surface area contributed by atoms with Crippen LogP contribution in [0.2, 0.25) is 0 Å². The number of hydrogen-bond donors (Lipinski definition) is 3. The summed E-state index contributed by atoms with van der Waals surface area (Å²) < 4.78 is 55.6. The molecule has 1 amide bonds. The molecule has 8 nitrogen and oxygen atoms in total. The number of carbonyl (C=O) groups is 1. The highest BCUT2D eigenvalue weighted by molar-refractivity contribution is 7.93. The van der Waals surface area contributed by atoms with Crippen LogP contribution in [0.5, 0.6) is 0 Å². The van der Waals surface area contributed by atoms with Gasteiger partial charge in [0.1, 0.15) is 0 Å². The van der Waals surface area contributed by atoms with Gasteiger partial charge < -0.3 is 5.32 Å². The van der Waals surface area contributed by atoms with Crippen LogP contribution in [-0.2, 0) is 20.0 Å². The molecule has 0 fully saturated rings. The molecule has 4 aromatic carbocycles. The van der Waals surface area contributed by atoms with E-state index in [-0.39, 0.29) is 9.79 Å². The van der Waals surface area contributed by atoms with Gasteiger partial charge >= 0.3 is 0 Å². The van der Waals surface area contributed by atoms with Crippen molar-refractivity contribution in [2.75, 3.05) is 14.8 Å². The van der Waals surface area contributed by atoms with Gasteiger partial charge in [-0.05, 0) is 91.7 Å². The molecule has 0 aliphatic rings. The summed E-state index contributed by atoms with van der Waals surface area (Å²) in [6.07, 6.45) is 0. The summed E-state index contributed by atoms with van der Waals surface area (Å²) >= 11 is 0. The van der Waals surface area contributed by atoms with Gasteiger partial charge in [-0.2, -0.15) is 0 Å². The SMILES string of the molecule is Cc1cccc(NS(=O)(=O)c2ccc(NC(=O)c3ccc(NS(=O)(=O)c4ccccc4)c(C)c3)cc2)c1. The predicted octanol–water partition coefficient (Wildman–Crippen LogP) is 5.16. The van der Waals surface area contributed by atoms with Crippen molar-refractivity contribution >= 4 is 43.0 Å². The van der Waals surface area contributed by atoms with Crippen molar-refractivity contribution in [3.05, 3.63) is 114 Å². The van der Waals surface area contributed by atoms with E-state index in [2.05, 4.69) is 14.8 Å². The number of benzene rings is 4. The molecule has 0 saturated carbocycles. The molecule has 0 saturated heterocycles. The van der Waals surface area contributed by atoms with E-state index in [1.54, 1.807) is 49.4 Å². The lowest BCUT2D eigenvalue weighted by Crippen LogP contribution is -2.15. The van der Waals surface area contributed by atoms with Crippen molar-refractivity contribution in [1.29, 1.82) is 0 Å². The maximum atomic E-state index is 12.8. The van der Waals surface area contributed by atoms with E-state index in [1.807, 2.05) is 13.0 Å². The normalized spacial score (nSPS) is 11.5. The van der Waals surface area contributed by atoms with Crippen LogP contribution in [0.15, 0.2) is 107 Å². The van der Waals surface area contributed by atoms with Gasteiger partial charge in [-0.15, -0.1) is 0 Å². The predicted molar refractivity (Wildman–Crippen MR) is 145 cm³/mol. The molecule has 0 heterocycles. The van der Waals surface area contributed by atoms with E-state index in [1.165, 1.54) is 48.5 Å². The molecule has 0 aromatic heterocycles. The Bertz CT molecular complexity index is 1650. The standard InChI is InChI=1S/C27H25N3O5S2/c1-19-7-6-8-23(17-19)29-36(32,33)25-14-12-22(13-15-25)28-27(31)21-11-16-26(20(2)18-21)30-37(34,35)24-9-4-3-5-10-24/h3-18,29-30H,1-2H3,(H,28,31). The Balaban J connectivity index is 1.44. The summed E-state index contributed by atoms with van der Waals surface area (Å²) in [5, 5.41) is 2.72. The fourth-order valence-electron chi connectivity index (χ4n) is 3.57. The first-order valence-electron chi connectivity index (χ1n) is 11.2. The minimum atomic E-state index is -3.79. The highest BCUT2D eigenvalue weighted by atomic mass is 32.2. The molecule has 0 bridgehead atoms. The second kappa shape index (κ2) is 10.5. The molecule has 0 aliphatic carbocycles. The van der Waals surface area contributed by atoms with Crippen LogP contribution < -0.4 is 14.8 Å². The monoisotopic (exact) mass is 535 g/mol. The average molecular weight is 536 g/mol. The van der Waals surface area contributed by atoms with E-state index >= 15 is 0 Å². The number of nitrogens with one attached hydrogen (secondary N) is 3. The summed E-state index contributed by atoms with van der Waals surface area (Å²) in [5.41, 5.74) is 3.04. The zero-order chi connectivity index (χ0) is 26.6. The molecule has 3 N–H and O–H groups in total. The van der Waals surface area contributed by atoms with Gasteiger partial charge in [0, 0.05) is 16.9 Å². The first-order chi connectivity index (χ1) is 17.5. The molecule has 10 heteroatoms. The van der Waals surface area contributed by atoms with E-state index < -0.39 is 26.0 Å². The third-order valence-corrected chi connectivity index (χ3v) is 8.26. The Hall–Kier alpha value is -4.15. The van der Waals surface area contributed by atoms with Crippen LogP contribution in [0.25, 0.3) is 0 Å². The Morgan fingerprint density at radius 1 is 0.622 bits per heavy atom. The average Bonchev–Trinajstić information content (AvgIpc) is 2.86. The van der Waals surface area contributed by atoms with Gasteiger partial charge in [0.05, 0.1) is 15.5 Å². The topological polar surface area (TPSA) is 121 Å². The van der Waals surface area contributed by atoms with Crippen molar-refractivity contribution in [3.63, 3.8) is 0 Å². The van der Waals surface area contributed by atoms with E-state index in [0.717, 1.165) is 5.56 Å². The second-order valence-corrected chi connectivity index (χ2v) is 11.8. The number of sulfonamides is 2. The number of rotatable bonds is 8. The lowest BCUT2D eigenvalue weighted by atomic mass is 10.1. The Morgan fingerprint density at radius 2 is 1.27 bits per heavy atom. The molecule has 4 aromatic rings. The lowest BCUT2D eigenvalue weighted by Gasteiger charge is -2.12. The van der Waals surface area contributed by atoms with Gasteiger partial charge in [-0.25, -0.2) is 16.8 Å². The van der Waals surface area contributed by atoms with Crippen LogP contribution >= 0.6 is 0 Å². The third kappa shape index (κ3) is 6.35. The molecular formula is C27H25N3O5S2. The molecule has 0 unspecified atom stereocenters. The van der Waals surface area contributed by atoms with Gasteiger partial charge in [-0.3, -0.25) is 14.2 Å². The molecular weight excluding hydrogens is 510 g/mol. The minimum Gasteiger partial charge on any atom is -0.322 e. The van der Waals surface area contributed by atoms with Crippen molar-refractivity contribution in [2.45, 2.75) is 23.6 Å². The number of hydrogen-bond acceptors (Lipinski definition) is 5. The first kappa shape index (κ1) is 25.9. The van der Waals surface area contributed by atoms with Crippen LogP contribution in [0.1, 0.15) is 21.5 Å². The Labute approximate surface area is 216 Å². The van der Waals surface area contributed by atoms with Crippen LogP contribution in [0.4, 0.5) is 17.1 Å². The summed E-state index contributed by atoms with van der Waals surface area (Å²) in [5.74, 6) is -0.422. The van der Waals surface area contributed by atoms with Gasteiger partial charge in [0.25, 0.3) is 26.0 Å². The van der Waals surface area contributed by atoms with E-state index in [9.17, 15) is 21.6 Å². The molecule has 0 atom stereocenters. The summed E-state index contributed by atoms with van der Waals surface area (Å²) in [4.78, 5) is 12.9. The Morgan fingerprint density at radius 3 is 1.92 bits per heavy atom. The number of amides is 1. The van der Waals surface area contributed by atoms with Crippen LogP contribution in [-0.4, -0.2) is 22.7 Å². The van der Waals surface area contributed by atoms with Crippen molar-refractivity contribution < 1.29 is 21.6 Å². The smallest absolute Gasteiger partial charge is 0.261 e. The Kier molecular flexibility index (Phi) is 7.33. The third-order valence-electron chi connectivity index (χ3n) is 5.48. The van der Waals surface area contributed by atoms with E-state index in [4.69, 9.17) is 0 Å². The van der Waals surface area contributed by atoms with Crippen molar-refractivity contribution in [1.82, 2.24) is 0 Å². The fraction of sp³-hybridized carbons (Fsp3) is 0.0741. The molecule has 190 valence electrons. The lowest BCUT2D eigenvalue weighted by molar-refractivity contribution is 0.102. The van der Waals surface area contributed by atoms with E-state index in [0.29, 0.717) is 28.2 Å². The number of aryl methyl sites for hydroxylation is 2. The van der Waals surface area contributed by atoms with Crippen LogP contribution in [0.3, 0.4) is 0 Å². The van der Waals surface area contributed by atoms with Gasteiger partial charge in [0.15, 0.2) is 0 Å². The highest BCUT2D eigenvalue weighted by Crippen LogP contribution is 2.23. The van der Waals surface area contributed by atoms with Gasteiger partial charge in [0.2, 0.25) is 0 Å². The molecule has 37 heavy (non-hydrogen) atoms. The molecule has 0 spiro atoms. The second-order valence-electron chi connectivity index (χ2n) is 8.40. The van der Waals surface area contributed by atoms with Crippen molar-refractivity contribution in [2.24, 2.45) is 0 Å². The summed E-state index contributed by atoms with van der Waals surface area (Å²) in [7, 11) is -7.55. The molecule has 4 rings (SSSR count). The first-order valence-corrected chi connectivity index (χ1v) is 14.2. The zero-order valence-corrected chi connectivity index (χ0v) is 21.7. The number of carbonyl (C=O) groups excluding carboxylic acids is 1. The van der Waals surface area contributed by atoms with Crippen LogP contribution in [0, 0.1) is 13.8 Å². The quantitative estimate of drug-likeness (QED) is 0.288. The van der Waals surface area contributed by atoms with Gasteiger partial charge in [-0.1, -0.05) is 30.3 Å². The number of anilines is 3. The van der Waals surface area contributed by atoms with Crippen molar-refractivity contribution in [3.8, 4) is 0 Å². The largest absolute Gasteiger partial charge is 0.322 e. The molecule has 0 radical (unpaired) electrons. The maximum absolute atomic E-state index is 12.8. The fourth-order valence-corrected chi connectivity index (χ4v) is 5.77. The highest BCUT2D eigenvalue weighted by Gasteiger charge is 2.17. The summed E-state index contributed by atoms with van der Waals surface area (Å²) in [6, 6.07) is 25.4. The molecule has 0 aliphatic heterocycles. The zero-order valence-electron chi connectivity index (χ0n) is 20.1.